The number of alkyl halides is 6. The van der Waals surface area contributed by atoms with Gasteiger partial charge in [0.25, 0.3) is 5.91 Å². The number of aromatic nitrogens is 2. The van der Waals surface area contributed by atoms with Crippen LogP contribution in [0.4, 0.5) is 32.3 Å². The third kappa shape index (κ3) is 6.30. The van der Waals surface area contributed by atoms with Gasteiger partial charge < -0.3 is 19.4 Å². The Kier molecular flexibility index (Phi) is 8.06. The Hall–Kier alpha value is -3.87. The molecule has 224 valence electrons. The fourth-order valence-corrected chi connectivity index (χ4v) is 5.07. The van der Waals surface area contributed by atoms with Crippen molar-refractivity contribution in [1.82, 2.24) is 19.8 Å². The van der Waals surface area contributed by atoms with Gasteiger partial charge in [0.2, 0.25) is 11.8 Å². The van der Waals surface area contributed by atoms with Crippen molar-refractivity contribution in [2.75, 3.05) is 51.3 Å². The number of nitrogens with zero attached hydrogens (tertiary/aromatic N) is 5. The summed E-state index contributed by atoms with van der Waals surface area (Å²) in [6, 6.07) is 8.65. The minimum absolute atomic E-state index is 0.0184. The number of anilines is 1. The average molecular weight is 594 g/mol. The molecule has 3 heterocycles. The van der Waals surface area contributed by atoms with Crippen LogP contribution in [-0.4, -0.2) is 72.1 Å². The molecule has 0 saturated carbocycles. The maximum atomic E-state index is 14.1. The first-order chi connectivity index (χ1) is 19.8. The summed E-state index contributed by atoms with van der Waals surface area (Å²) >= 11 is 0. The number of hydrogen-bond donors (Lipinski definition) is 0. The second-order valence-electron chi connectivity index (χ2n) is 10.5. The van der Waals surface area contributed by atoms with E-state index >= 15 is 0 Å². The molecule has 0 N–H and O–H groups in total. The second-order valence-corrected chi connectivity index (χ2v) is 10.5. The molecule has 5 rings (SSSR count). The summed E-state index contributed by atoms with van der Waals surface area (Å²) in [5.74, 6) is -0.224. The lowest BCUT2D eigenvalue weighted by atomic mass is 10.00. The third-order valence-electron chi connectivity index (χ3n) is 7.38. The number of piperazine rings is 1. The first-order valence-corrected chi connectivity index (χ1v) is 13.4. The number of aryl methyl sites for hydroxylation is 1. The second kappa shape index (κ2) is 11.4. The van der Waals surface area contributed by atoms with Crippen LogP contribution in [0.5, 0.6) is 5.88 Å². The minimum atomic E-state index is -5.00. The fraction of sp³-hybridized carbons (Fsp3) is 0.414. The monoisotopic (exact) mass is 593 g/mol. The quantitative estimate of drug-likeness (QED) is 0.364. The van der Waals surface area contributed by atoms with Crippen molar-refractivity contribution in [3.8, 4) is 17.1 Å². The van der Waals surface area contributed by atoms with Crippen molar-refractivity contribution in [3.63, 3.8) is 0 Å². The third-order valence-corrected chi connectivity index (χ3v) is 7.38. The zero-order valence-corrected chi connectivity index (χ0v) is 23.0. The highest BCUT2D eigenvalue weighted by molar-refractivity contribution is 6.02. The van der Waals surface area contributed by atoms with Gasteiger partial charge in [-0.2, -0.15) is 31.3 Å². The lowest BCUT2D eigenvalue weighted by Crippen LogP contribution is -2.45. The lowest BCUT2D eigenvalue weighted by molar-refractivity contribution is -0.143. The Labute approximate surface area is 238 Å². The summed E-state index contributed by atoms with van der Waals surface area (Å²) in [6.07, 6.45) is -9.70. The van der Waals surface area contributed by atoms with Crippen LogP contribution < -0.4 is 9.64 Å². The number of ether oxygens (including phenoxy) is 1. The van der Waals surface area contributed by atoms with Crippen molar-refractivity contribution >= 4 is 11.9 Å². The predicted molar refractivity (Wildman–Crippen MR) is 143 cm³/mol. The average Bonchev–Trinajstić information content (AvgIpc) is 2.92. The van der Waals surface area contributed by atoms with Crippen molar-refractivity contribution in [2.24, 2.45) is 0 Å². The standard InChI is InChI=1S/C29H29F6N5O2/c1-18-6-3-4-7-22(18)24-23-25(37-27(36-24)39-11-9-38(2)10-12-39)42-13-5-8-40(26(23)41)17-19-14-20(28(30,31)32)16-21(15-19)29(33,34)35/h3-4,6-7,14-16H,5,8-13,17H2,1-2H3. The van der Waals surface area contributed by atoms with Crippen molar-refractivity contribution < 1.29 is 35.9 Å². The molecule has 2 aromatic carbocycles. The number of rotatable bonds is 4. The molecule has 0 bridgehead atoms. The molecule has 0 unspecified atom stereocenters. The van der Waals surface area contributed by atoms with E-state index in [2.05, 4.69) is 9.88 Å². The SMILES string of the molecule is Cc1ccccc1-c1nc(N2CCN(C)CC2)nc2c1C(=O)N(Cc1cc(C(F)(F)F)cc(C(F)(F)F)c1)CCCO2. The Morgan fingerprint density at radius 1 is 0.881 bits per heavy atom. The van der Waals surface area contributed by atoms with Gasteiger partial charge in [0, 0.05) is 44.8 Å². The highest BCUT2D eigenvalue weighted by atomic mass is 19.4. The number of fused-ring (bicyclic) bond motifs is 1. The number of hydrogen-bond acceptors (Lipinski definition) is 6. The molecule has 0 radical (unpaired) electrons. The van der Waals surface area contributed by atoms with Crippen LogP contribution in [0.1, 0.15) is 39.0 Å². The van der Waals surface area contributed by atoms with Gasteiger partial charge in [0.15, 0.2) is 0 Å². The molecule has 13 heteroatoms. The van der Waals surface area contributed by atoms with Crippen LogP contribution in [0, 0.1) is 6.92 Å². The number of halogens is 6. The zero-order valence-electron chi connectivity index (χ0n) is 23.0. The van der Waals surface area contributed by atoms with Crippen molar-refractivity contribution in [1.29, 1.82) is 0 Å². The lowest BCUT2D eigenvalue weighted by Gasteiger charge is -2.33. The summed E-state index contributed by atoms with van der Waals surface area (Å²) in [7, 11) is 2.01. The Morgan fingerprint density at radius 2 is 1.52 bits per heavy atom. The molecule has 2 aliphatic heterocycles. The molecular weight excluding hydrogens is 564 g/mol. The molecule has 0 atom stereocenters. The van der Waals surface area contributed by atoms with Crippen LogP contribution in [0.25, 0.3) is 11.3 Å². The first-order valence-electron chi connectivity index (χ1n) is 13.4. The number of benzene rings is 2. The van der Waals surface area contributed by atoms with Crippen molar-refractivity contribution in [3.05, 3.63) is 70.3 Å². The van der Waals surface area contributed by atoms with E-state index in [4.69, 9.17) is 9.72 Å². The maximum Gasteiger partial charge on any atom is 0.416 e. The predicted octanol–water partition coefficient (Wildman–Crippen LogP) is 5.67. The highest BCUT2D eigenvalue weighted by Gasteiger charge is 2.38. The highest BCUT2D eigenvalue weighted by Crippen LogP contribution is 2.38. The van der Waals surface area contributed by atoms with Crippen LogP contribution >= 0.6 is 0 Å². The van der Waals surface area contributed by atoms with E-state index < -0.39 is 35.9 Å². The topological polar surface area (TPSA) is 61.8 Å². The molecule has 0 aliphatic carbocycles. The number of carbonyl (C=O) groups is 1. The van der Waals surface area contributed by atoms with Gasteiger partial charge in [-0.3, -0.25) is 4.79 Å². The zero-order chi connectivity index (χ0) is 30.2. The molecule has 1 aromatic heterocycles. The van der Waals surface area contributed by atoms with Gasteiger partial charge in [-0.15, -0.1) is 0 Å². The van der Waals surface area contributed by atoms with Crippen molar-refractivity contribution in [2.45, 2.75) is 32.2 Å². The summed E-state index contributed by atoms with van der Waals surface area (Å²) in [4.78, 5) is 28.9. The summed E-state index contributed by atoms with van der Waals surface area (Å²) in [5, 5.41) is 0. The number of likely N-dealkylation sites (N-methyl/N-ethyl adjacent to an activating group) is 1. The molecule has 1 fully saturated rings. The number of carbonyl (C=O) groups excluding carboxylic acids is 1. The van der Waals surface area contributed by atoms with Crippen LogP contribution in [0.3, 0.4) is 0 Å². The normalized spacial score (nSPS) is 17.0. The Bertz CT molecular complexity index is 1440. The number of amides is 1. The Balaban J connectivity index is 1.60. The van der Waals surface area contributed by atoms with E-state index in [1.165, 1.54) is 4.90 Å². The van der Waals surface area contributed by atoms with Crippen LogP contribution in [-0.2, 0) is 18.9 Å². The largest absolute Gasteiger partial charge is 0.477 e. The van der Waals surface area contributed by atoms with Gasteiger partial charge in [0.1, 0.15) is 5.56 Å². The van der Waals surface area contributed by atoms with E-state index in [1.54, 1.807) is 12.1 Å². The van der Waals surface area contributed by atoms with E-state index in [1.807, 2.05) is 31.0 Å². The molecule has 42 heavy (non-hydrogen) atoms. The van der Waals surface area contributed by atoms with E-state index in [-0.39, 0.29) is 36.2 Å². The van der Waals surface area contributed by atoms with Crippen LogP contribution in [0.15, 0.2) is 42.5 Å². The van der Waals surface area contributed by atoms with Gasteiger partial charge in [-0.25, -0.2) is 4.98 Å². The summed E-state index contributed by atoms with van der Waals surface area (Å²) in [6.45, 7) is 4.43. The smallest absolute Gasteiger partial charge is 0.416 e. The van der Waals surface area contributed by atoms with Gasteiger partial charge in [-0.1, -0.05) is 24.3 Å². The van der Waals surface area contributed by atoms with Gasteiger partial charge >= 0.3 is 12.4 Å². The van der Waals surface area contributed by atoms with Gasteiger partial charge in [-0.05, 0) is 49.7 Å². The van der Waals surface area contributed by atoms with E-state index in [9.17, 15) is 31.1 Å². The molecule has 2 aliphatic rings. The first kappa shape index (κ1) is 29.6. The summed E-state index contributed by atoms with van der Waals surface area (Å²) in [5.41, 5.74) is -1.39. The Morgan fingerprint density at radius 3 is 2.14 bits per heavy atom. The van der Waals surface area contributed by atoms with Gasteiger partial charge in [0.05, 0.1) is 23.4 Å². The van der Waals surface area contributed by atoms with E-state index in [0.717, 1.165) is 18.7 Å². The van der Waals surface area contributed by atoms with E-state index in [0.29, 0.717) is 48.8 Å². The summed E-state index contributed by atoms with van der Waals surface area (Å²) < 4.78 is 87.0. The molecule has 7 nitrogen and oxygen atoms in total. The fourth-order valence-electron chi connectivity index (χ4n) is 5.07. The molecule has 0 spiro atoms. The molecule has 3 aromatic rings. The molecular formula is C29H29F6N5O2. The molecule has 1 saturated heterocycles. The van der Waals surface area contributed by atoms with Crippen LogP contribution in [0.2, 0.25) is 0 Å². The minimum Gasteiger partial charge on any atom is -0.477 e. The maximum absolute atomic E-state index is 14.1. The molecule has 1 amide bonds.